The number of Topliss-reactive ketones (excluding diaryl/α,β-unsaturated/α-hetero) is 2. The summed E-state index contributed by atoms with van der Waals surface area (Å²) >= 11 is 3.43. The summed E-state index contributed by atoms with van der Waals surface area (Å²) in [6.07, 6.45) is 24.6. The number of ketones is 2. The Morgan fingerprint density at radius 1 is 0.808 bits per heavy atom. The number of aromatic amines is 1. The van der Waals surface area contributed by atoms with Crippen LogP contribution in [0.1, 0.15) is 165 Å². The summed E-state index contributed by atoms with van der Waals surface area (Å²) in [7, 11) is 3.70. The molecule has 0 spiro atoms. The molecule has 2 aromatic heterocycles. The third kappa shape index (κ3) is 13.2. The summed E-state index contributed by atoms with van der Waals surface area (Å²) in [5, 5.41) is 57.9. The molecule has 0 bridgehead atoms. The summed E-state index contributed by atoms with van der Waals surface area (Å²) in [6.45, 7) is 10.6. The molecule has 2 aromatic rings. The Bertz CT molecular complexity index is 2270. The minimum atomic E-state index is -0.541. The third-order valence-corrected chi connectivity index (χ3v) is 21.3. The van der Waals surface area contributed by atoms with Crippen molar-refractivity contribution < 1.29 is 157 Å². The van der Waals surface area contributed by atoms with Crippen LogP contribution in [0.5, 0.6) is 0 Å². The number of aromatic nitrogens is 4. The summed E-state index contributed by atoms with van der Waals surface area (Å²) < 4.78 is 43.3. The van der Waals surface area contributed by atoms with Gasteiger partial charge in [0.1, 0.15) is 17.9 Å². The molecule has 0 amide bonds. The number of rotatable bonds is 10. The van der Waals surface area contributed by atoms with Gasteiger partial charge < -0.3 is 31.3 Å². The minimum absolute atomic E-state index is 0. The Kier molecular flexibility index (Phi) is 21.6. The van der Waals surface area contributed by atoms with Gasteiger partial charge in [-0.05, 0) is 204 Å². The molecule has 3 N–H and O–H groups in total. The van der Waals surface area contributed by atoms with E-state index in [1.165, 1.54) is 57.6 Å². The zero-order chi connectivity index (χ0) is 57.4. The first-order valence-electron chi connectivity index (χ1n) is 29.4. The van der Waals surface area contributed by atoms with Crippen molar-refractivity contribution in [2.75, 3.05) is 32.8 Å². The minimum Gasteiger partial charge on any atom is -1.00 e. The molecule has 8 aliphatic carbocycles. The average molecular weight is 1140 g/mol. The van der Waals surface area contributed by atoms with Crippen LogP contribution < -0.4 is 108 Å². The molecular weight excluding hydrogens is 1050 g/mol. The zero-order valence-electron chi connectivity index (χ0n) is 52.1. The number of nitrogens with zero attached hydrogens (tertiary/aromatic N) is 5. The van der Waals surface area contributed by atoms with Crippen molar-refractivity contribution in [3.8, 4) is 12.1 Å². The van der Waals surface area contributed by atoms with E-state index in [2.05, 4.69) is 50.0 Å². The van der Waals surface area contributed by atoms with Crippen molar-refractivity contribution in [2.24, 2.45) is 80.8 Å². The Balaban J connectivity index is 0.000000611. The van der Waals surface area contributed by atoms with Gasteiger partial charge in [0.05, 0.1) is 48.1 Å². The predicted molar refractivity (Wildman–Crippen MR) is 273 cm³/mol. The zero-order valence-corrected chi connectivity index (χ0v) is 52.9. The Morgan fingerprint density at radius 2 is 1.30 bits per heavy atom. The van der Waals surface area contributed by atoms with E-state index in [1.807, 2.05) is 40.2 Å². The number of nitriles is 2. The van der Waals surface area contributed by atoms with E-state index in [0.29, 0.717) is 63.8 Å². The van der Waals surface area contributed by atoms with Crippen molar-refractivity contribution in [3.63, 3.8) is 0 Å². The molecule has 0 radical (unpaired) electrons. The molecule has 8 fully saturated rings. The normalized spacial score (nSPS) is 40.7. The van der Waals surface area contributed by atoms with Gasteiger partial charge in [0.25, 0.3) is 6.47 Å². The molecule has 18 heteroatoms. The molecule has 2 heterocycles. The van der Waals surface area contributed by atoms with Crippen LogP contribution in [0.4, 0.5) is 0 Å². The first-order valence-corrected chi connectivity index (χ1v) is 27.6. The Morgan fingerprint density at radius 3 is 1.68 bits per heavy atom. The number of methoxy groups -OCH3 is 2. The number of hydrogen-bond donors (Lipinski definition) is 3. The first kappa shape index (κ1) is 58.9. The van der Waals surface area contributed by atoms with Gasteiger partial charge >= 0.3 is 103 Å². The standard InChI is InChI=1S/C27H39N3O3.C23H37BrO3.C4H3N3.CH2O3.2K.3H2.H/c1-25(32)11-12-27(17-33-3)18(14-25)4-5-20-21-6-7-23(26(21,2)10-8-22(20)27)24(31)16-30-13-9-19(15-28)29-30;1-21(26)10-11-23(14-27-3)15(12-21)4-5-16-17-6-7-19(20(25)13-24)22(17,2)9-8-18(16)23;5-1-4-2-6-7-3-4;2-1-4-3;;;;;;/h9,13,18,20-23,32H,4-8,10-12,14,16-17H2,1-3H3;15-19,26H,4-14H2,1-3H3;2-3H,(H,6,7);1,3H;;;3*1H;/q;;;;2*+1;;;;-1/p-1/t18-,20+,21+,22+,23-,25-,26+,27-;15-,16+,17+,18+,19-,21-,22+,23-;;;;;;;;/m11......../s1/i;;;;;;3*1+1D;. The van der Waals surface area contributed by atoms with Crippen LogP contribution >= 0.6 is 15.9 Å². The summed E-state index contributed by atoms with van der Waals surface area (Å²) in [4.78, 5) is 37.3. The van der Waals surface area contributed by atoms with Crippen LogP contribution in [0.25, 0.3) is 0 Å². The van der Waals surface area contributed by atoms with Crippen molar-refractivity contribution >= 4 is 34.0 Å². The number of hydrogen-bond acceptors (Lipinski definition) is 13. The molecule has 0 saturated heterocycles. The fraction of sp³-hybridized carbons (Fsp3) is 0.800. The fourth-order valence-electron chi connectivity index (χ4n) is 17.8. The van der Waals surface area contributed by atoms with E-state index in [-0.39, 0.29) is 156 Å². The SMILES string of the molecule is COC[C@]12CC[C@@](C)(O)C[C@H]1CC[C@H]1[C@@H]3CC[C@H](C(=O)CBr)[C@@]3(C)CC[C@@H]12.COC[C@]12CC[C@@](C)(O)C[C@H]1CC[C@H]1[C@@H]3CC[C@H](C(=O)Cn4ccc(C#N)n4)[C@@]3(C)CC[C@@H]12.N#Cc1cn[nH]c1.O=CO[O-].[2H][2H].[2H][2H].[2H][2H].[H-].[K+].[K+]. The first-order chi connectivity index (χ1) is 36.8. The second-order valence-electron chi connectivity index (χ2n) is 24.3. The van der Waals surface area contributed by atoms with Gasteiger partial charge in [-0.25, -0.2) is 0 Å². The monoisotopic (exact) mass is 1140 g/mol. The molecule has 0 aliphatic heterocycles. The molecule has 400 valence electrons. The van der Waals surface area contributed by atoms with Crippen molar-refractivity contribution in [1.82, 2.24) is 20.0 Å². The predicted octanol–water partition coefficient (Wildman–Crippen LogP) is 2.92. The van der Waals surface area contributed by atoms with Gasteiger partial charge in [0.15, 0.2) is 11.5 Å². The van der Waals surface area contributed by atoms with E-state index >= 15 is 0 Å². The van der Waals surface area contributed by atoms with E-state index < -0.39 is 11.2 Å². The van der Waals surface area contributed by atoms with Gasteiger partial charge in [-0.3, -0.25) is 24.2 Å². The number of carbonyl (C=O) groups excluding carboxylic acids is 3. The molecule has 0 aromatic carbocycles. The second kappa shape index (κ2) is 26.8. The van der Waals surface area contributed by atoms with Gasteiger partial charge in [-0.15, -0.1) is 0 Å². The van der Waals surface area contributed by atoms with Crippen molar-refractivity contribution in [3.05, 3.63) is 35.9 Å². The van der Waals surface area contributed by atoms with E-state index in [4.69, 9.17) is 39.0 Å². The van der Waals surface area contributed by atoms with Crippen molar-refractivity contribution in [2.45, 2.75) is 161 Å². The van der Waals surface area contributed by atoms with Gasteiger partial charge in [-0.2, -0.15) is 20.7 Å². The number of aliphatic hydroxyl groups is 2. The van der Waals surface area contributed by atoms with E-state index in [9.17, 15) is 19.8 Å². The number of ether oxygens (including phenoxy) is 2. The number of fused-ring (bicyclic) bond motifs is 10. The molecule has 73 heavy (non-hydrogen) atoms. The van der Waals surface area contributed by atoms with Crippen LogP contribution in [-0.2, 0) is 35.3 Å². The summed E-state index contributed by atoms with van der Waals surface area (Å²) in [5.41, 5.74) is 0.591. The van der Waals surface area contributed by atoms with Crippen LogP contribution in [-0.4, -0.2) is 92.2 Å². The van der Waals surface area contributed by atoms with Crippen LogP contribution in [0.2, 0.25) is 0 Å². The molecule has 10 rings (SSSR count). The van der Waals surface area contributed by atoms with Crippen LogP contribution in [0.3, 0.4) is 0 Å². The maximum absolute atomic E-state index is 13.4. The number of nitrogens with one attached hydrogen (secondary N) is 1. The number of alkyl halides is 1. The Labute approximate surface area is 538 Å². The van der Waals surface area contributed by atoms with Gasteiger partial charge in [-0.1, -0.05) is 29.8 Å². The van der Waals surface area contributed by atoms with E-state index in [1.54, 1.807) is 23.1 Å². The largest absolute Gasteiger partial charge is 1.00 e. The van der Waals surface area contributed by atoms with Crippen molar-refractivity contribution in [1.29, 1.82) is 10.5 Å². The molecule has 0 unspecified atom stereocenters. The smallest absolute Gasteiger partial charge is 1.00 e. The fourth-order valence-corrected chi connectivity index (χ4v) is 18.2. The van der Waals surface area contributed by atoms with Crippen LogP contribution in [0.15, 0.2) is 24.7 Å². The number of carbonyl (C=O) groups is 3. The number of halogens is 1. The maximum Gasteiger partial charge on any atom is 1.00 e. The van der Waals surface area contributed by atoms with Gasteiger partial charge in [0.2, 0.25) is 0 Å². The summed E-state index contributed by atoms with van der Waals surface area (Å²) in [6, 6.07) is 5.63. The molecule has 15 nitrogen and oxygen atoms in total. The second-order valence-corrected chi connectivity index (χ2v) is 24.8. The topological polar surface area (TPSA) is 236 Å². The maximum atomic E-state index is 13.4. The number of H-pyrrole nitrogens is 1. The summed E-state index contributed by atoms with van der Waals surface area (Å²) in [5.74, 6) is 6.22. The molecule has 8 saturated carbocycles. The average Bonchev–Trinajstić information content (AvgIpc) is 4.27. The van der Waals surface area contributed by atoms with E-state index in [0.717, 1.165) is 83.3 Å². The van der Waals surface area contributed by atoms with Gasteiger partial charge in [0, 0.05) is 47.4 Å². The molecule has 16 atom stereocenters. The quantitative estimate of drug-likeness (QED) is 0.102. The molecule has 8 aliphatic rings. The van der Waals surface area contributed by atoms with Crippen LogP contribution in [0, 0.1) is 104 Å². The third-order valence-electron chi connectivity index (χ3n) is 20.8. The molecular formula is C55H87BrK2N6O9. The Hall–Kier alpha value is -0.237.